The Kier molecular flexibility index (Phi) is 1.25. The zero-order chi connectivity index (χ0) is 7.84. The Morgan fingerprint density at radius 2 is 2.64 bits per heavy atom. The molecule has 1 aliphatic rings. The summed E-state index contributed by atoms with van der Waals surface area (Å²) in [5.74, 6) is 0.425. The predicted molar refractivity (Wildman–Crippen MR) is 38.1 cm³/mol. The van der Waals surface area contributed by atoms with Crippen molar-refractivity contribution in [1.82, 2.24) is 9.55 Å². The minimum atomic E-state index is -0.448. The van der Waals surface area contributed by atoms with E-state index in [0.29, 0.717) is 25.0 Å². The summed E-state index contributed by atoms with van der Waals surface area (Å²) >= 11 is 0. The molecular formula is C6H9N3O2. The van der Waals surface area contributed by atoms with E-state index < -0.39 is 6.10 Å². The fraction of sp³-hybridized carbons (Fsp3) is 0.500. The third-order valence-corrected chi connectivity index (χ3v) is 1.57. The number of nitrogens with two attached hydrogens (primary N) is 1. The standard InChI is InChI=1S/C6H9N3O2/c7-5-2-9-1-4(10)3-11-6(9)8-5/h2,4,10H,1,3,7H2/t4-/m0/s1. The number of ether oxygens (including phenoxy) is 1. The van der Waals surface area contributed by atoms with E-state index >= 15 is 0 Å². The molecule has 1 aromatic heterocycles. The van der Waals surface area contributed by atoms with E-state index in [1.54, 1.807) is 10.8 Å². The molecule has 0 unspecified atom stereocenters. The highest BCUT2D eigenvalue weighted by molar-refractivity contribution is 5.28. The van der Waals surface area contributed by atoms with Gasteiger partial charge in [-0.3, -0.25) is 4.57 Å². The number of nitrogens with zero attached hydrogens (tertiary/aromatic N) is 2. The molecule has 1 atom stereocenters. The van der Waals surface area contributed by atoms with Gasteiger partial charge in [0.05, 0.1) is 12.7 Å². The monoisotopic (exact) mass is 155 g/mol. The van der Waals surface area contributed by atoms with Crippen LogP contribution in [0.3, 0.4) is 0 Å². The molecule has 0 saturated heterocycles. The van der Waals surface area contributed by atoms with Gasteiger partial charge >= 0.3 is 0 Å². The Balaban J connectivity index is 2.34. The predicted octanol–water partition coefficient (Wildman–Crippen LogP) is -0.781. The summed E-state index contributed by atoms with van der Waals surface area (Å²) in [4.78, 5) is 3.89. The van der Waals surface area contributed by atoms with Gasteiger partial charge in [0.25, 0.3) is 6.01 Å². The van der Waals surface area contributed by atoms with Gasteiger partial charge in [-0.25, -0.2) is 0 Å². The van der Waals surface area contributed by atoms with E-state index in [4.69, 9.17) is 15.6 Å². The van der Waals surface area contributed by atoms with Gasteiger partial charge in [0.15, 0.2) is 0 Å². The molecule has 5 nitrogen and oxygen atoms in total. The second-order valence-electron chi connectivity index (χ2n) is 2.57. The van der Waals surface area contributed by atoms with Crippen molar-refractivity contribution in [3.63, 3.8) is 0 Å². The largest absolute Gasteiger partial charge is 0.462 e. The van der Waals surface area contributed by atoms with Gasteiger partial charge < -0.3 is 15.6 Å². The van der Waals surface area contributed by atoms with Crippen molar-refractivity contribution in [1.29, 1.82) is 0 Å². The van der Waals surface area contributed by atoms with Crippen molar-refractivity contribution in [3.05, 3.63) is 6.20 Å². The first-order chi connectivity index (χ1) is 5.25. The van der Waals surface area contributed by atoms with Crippen LogP contribution >= 0.6 is 0 Å². The number of aromatic nitrogens is 2. The lowest BCUT2D eigenvalue weighted by molar-refractivity contribution is 0.0580. The lowest BCUT2D eigenvalue weighted by Crippen LogP contribution is -2.29. The molecule has 60 valence electrons. The smallest absolute Gasteiger partial charge is 0.298 e. The van der Waals surface area contributed by atoms with Gasteiger partial charge in [-0.2, -0.15) is 4.98 Å². The number of rotatable bonds is 0. The fourth-order valence-corrected chi connectivity index (χ4v) is 1.11. The van der Waals surface area contributed by atoms with Gasteiger partial charge in [-0.15, -0.1) is 0 Å². The maximum absolute atomic E-state index is 9.15. The highest BCUT2D eigenvalue weighted by Crippen LogP contribution is 2.17. The molecule has 0 fully saturated rings. The number of hydrogen-bond acceptors (Lipinski definition) is 4. The summed E-state index contributed by atoms with van der Waals surface area (Å²) in [6.45, 7) is 0.815. The van der Waals surface area contributed by atoms with E-state index in [1.807, 2.05) is 0 Å². The molecule has 2 rings (SSSR count). The number of hydrogen-bond donors (Lipinski definition) is 2. The van der Waals surface area contributed by atoms with E-state index in [-0.39, 0.29) is 0 Å². The molecule has 3 N–H and O–H groups in total. The van der Waals surface area contributed by atoms with E-state index in [9.17, 15) is 0 Å². The third-order valence-electron chi connectivity index (χ3n) is 1.57. The normalized spacial score (nSPS) is 22.5. The van der Waals surface area contributed by atoms with Crippen LogP contribution in [0.1, 0.15) is 0 Å². The van der Waals surface area contributed by atoms with Crippen LogP contribution in [-0.2, 0) is 6.54 Å². The number of anilines is 1. The van der Waals surface area contributed by atoms with Crippen LogP contribution in [0.4, 0.5) is 5.82 Å². The van der Waals surface area contributed by atoms with Crippen molar-refractivity contribution >= 4 is 5.82 Å². The molecule has 0 saturated carbocycles. The Morgan fingerprint density at radius 1 is 1.82 bits per heavy atom. The first-order valence-electron chi connectivity index (χ1n) is 3.39. The Bertz CT molecular complexity index is 271. The highest BCUT2D eigenvalue weighted by atomic mass is 16.5. The van der Waals surface area contributed by atoms with Crippen molar-refractivity contribution in [2.45, 2.75) is 12.6 Å². The van der Waals surface area contributed by atoms with Crippen LogP contribution in [0.5, 0.6) is 6.01 Å². The average molecular weight is 155 g/mol. The topological polar surface area (TPSA) is 73.3 Å². The first-order valence-corrected chi connectivity index (χ1v) is 3.39. The van der Waals surface area contributed by atoms with Gasteiger partial charge in [0.2, 0.25) is 0 Å². The zero-order valence-electron chi connectivity index (χ0n) is 5.90. The van der Waals surface area contributed by atoms with Crippen molar-refractivity contribution in [3.8, 4) is 6.01 Å². The third kappa shape index (κ3) is 1.03. The van der Waals surface area contributed by atoms with E-state index in [0.717, 1.165) is 0 Å². The Morgan fingerprint density at radius 3 is 3.45 bits per heavy atom. The minimum absolute atomic E-state index is 0.302. The van der Waals surface area contributed by atoms with Crippen LogP contribution < -0.4 is 10.5 Å². The maximum atomic E-state index is 9.15. The molecule has 11 heavy (non-hydrogen) atoms. The number of aliphatic hydroxyl groups excluding tert-OH is 1. The number of aliphatic hydroxyl groups is 1. The SMILES string of the molecule is Nc1cn2c(n1)OC[C@@H](O)C2. The molecular weight excluding hydrogens is 146 g/mol. The average Bonchev–Trinajstić information content (AvgIpc) is 2.27. The van der Waals surface area contributed by atoms with Crippen molar-refractivity contribution < 1.29 is 9.84 Å². The second kappa shape index (κ2) is 2.13. The lowest BCUT2D eigenvalue weighted by atomic mass is 10.3. The minimum Gasteiger partial charge on any atom is -0.462 e. The molecule has 0 bridgehead atoms. The summed E-state index contributed by atoms with van der Waals surface area (Å²) in [6, 6.07) is 0.493. The van der Waals surface area contributed by atoms with Crippen LogP contribution in [-0.4, -0.2) is 27.4 Å². The van der Waals surface area contributed by atoms with E-state index in [1.165, 1.54) is 0 Å². The van der Waals surface area contributed by atoms with Gasteiger partial charge in [0, 0.05) is 0 Å². The summed E-state index contributed by atoms with van der Waals surface area (Å²) in [5, 5.41) is 9.15. The molecule has 0 aliphatic carbocycles. The molecule has 0 aromatic carbocycles. The molecule has 0 radical (unpaired) electrons. The zero-order valence-corrected chi connectivity index (χ0v) is 5.90. The summed E-state index contributed by atoms with van der Waals surface area (Å²) < 4.78 is 6.78. The maximum Gasteiger partial charge on any atom is 0.298 e. The van der Waals surface area contributed by atoms with Crippen LogP contribution in [0.25, 0.3) is 0 Å². The van der Waals surface area contributed by atoms with E-state index in [2.05, 4.69) is 4.98 Å². The van der Waals surface area contributed by atoms with Gasteiger partial charge in [-0.1, -0.05) is 0 Å². The second-order valence-corrected chi connectivity index (χ2v) is 2.57. The first kappa shape index (κ1) is 6.48. The number of nitrogen functional groups attached to an aromatic ring is 1. The highest BCUT2D eigenvalue weighted by Gasteiger charge is 2.18. The quantitative estimate of drug-likeness (QED) is 0.515. The van der Waals surface area contributed by atoms with Gasteiger partial charge in [0.1, 0.15) is 18.5 Å². The number of fused-ring (bicyclic) bond motifs is 1. The lowest BCUT2D eigenvalue weighted by Gasteiger charge is -2.19. The van der Waals surface area contributed by atoms with Crippen LogP contribution in [0, 0.1) is 0 Å². The van der Waals surface area contributed by atoms with Crippen molar-refractivity contribution in [2.24, 2.45) is 0 Å². The molecule has 1 aliphatic heterocycles. The summed E-state index contributed by atoms with van der Waals surface area (Å²) in [6.07, 6.45) is 1.20. The van der Waals surface area contributed by atoms with Gasteiger partial charge in [-0.05, 0) is 0 Å². The Labute approximate surface area is 63.4 Å². The number of imidazole rings is 1. The molecule has 2 heterocycles. The van der Waals surface area contributed by atoms with Crippen LogP contribution in [0.15, 0.2) is 6.20 Å². The Hall–Kier alpha value is -1.23. The van der Waals surface area contributed by atoms with Crippen LogP contribution in [0.2, 0.25) is 0 Å². The summed E-state index contributed by atoms with van der Waals surface area (Å²) in [5.41, 5.74) is 5.41. The van der Waals surface area contributed by atoms with Crippen molar-refractivity contribution in [2.75, 3.05) is 12.3 Å². The fourth-order valence-electron chi connectivity index (χ4n) is 1.11. The molecule has 0 amide bonds. The summed E-state index contributed by atoms with van der Waals surface area (Å²) in [7, 11) is 0. The molecule has 1 aromatic rings. The molecule has 5 heteroatoms. The molecule has 0 spiro atoms.